The highest BCUT2D eigenvalue weighted by molar-refractivity contribution is 7.92. The fraction of sp³-hybridized carbons (Fsp3) is 0.286. The number of hydrogen-bond donors (Lipinski definition) is 3. The molecule has 1 aromatic carbocycles. The summed E-state index contributed by atoms with van der Waals surface area (Å²) in [7, 11) is -4.03. The molecule has 0 saturated carbocycles. The van der Waals surface area contributed by atoms with Crippen LogP contribution in [0.15, 0.2) is 53.1 Å². The molecule has 0 unspecified atom stereocenters. The van der Waals surface area contributed by atoms with Crippen molar-refractivity contribution in [1.82, 2.24) is 9.66 Å². The largest absolute Gasteiger partial charge is 0.370 e. The number of unbranched alkanes of at least 4 members (excludes halogenated alkanes) is 1. The van der Waals surface area contributed by atoms with Crippen LogP contribution in [0.4, 0.5) is 5.69 Å². The first-order valence-corrected chi connectivity index (χ1v) is 12.5. The normalized spacial score (nSPS) is 11.3. The summed E-state index contributed by atoms with van der Waals surface area (Å²) >= 11 is 1.45. The minimum atomic E-state index is -4.03. The number of primary amides is 1. The van der Waals surface area contributed by atoms with E-state index >= 15 is 0 Å². The van der Waals surface area contributed by atoms with Crippen LogP contribution in [0.5, 0.6) is 0 Å². The number of aromatic nitrogens is 2. The molecule has 0 spiro atoms. The zero-order chi connectivity index (χ0) is 23.1. The number of amides is 2. The number of nitrogens with two attached hydrogens (primary N) is 1. The summed E-state index contributed by atoms with van der Waals surface area (Å²) < 4.78 is 27.7. The number of anilines is 1. The molecule has 0 aliphatic carbocycles. The number of nitrogens with zero attached hydrogens (tertiary/aromatic N) is 2. The van der Waals surface area contributed by atoms with Gasteiger partial charge in [0.1, 0.15) is 11.2 Å². The third-order valence-electron chi connectivity index (χ3n) is 4.66. The van der Waals surface area contributed by atoms with E-state index < -0.39 is 10.0 Å². The highest BCUT2D eigenvalue weighted by Crippen LogP contribution is 2.36. The van der Waals surface area contributed by atoms with E-state index in [2.05, 4.69) is 15.1 Å². The molecule has 9 nitrogen and oxygen atoms in total. The van der Waals surface area contributed by atoms with Crippen LogP contribution in [0, 0.1) is 0 Å². The number of carbonyl (C=O) groups excluding carboxylic acids is 2. The molecule has 2 heterocycles. The lowest BCUT2D eigenvalue weighted by Gasteiger charge is -2.16. The Bertz CT molecular complexity index is 1190. The van der Waals surface area contributed by atoms with Crippen molar-refractivity contribution in [2.24, 2.45) is 5.73 Å². The van der Waals surface area contributed by atoms with Crippen molar-refractivity contribution >= 4 is 38.9 Å². The fourth-order valence-electron chi connectivity index (χ4n) is 3.08. The smallest absolute Gasteiger partial charge is 0.277 e. The number of hydrogen-bond acceptors (Lipinski definition) is 6. The van der Waals surface area contributed by atoms with Gasteiger partial charge in [0.25, 0.3) is 10.0 Å². The molecule has 11 heteroatoms. The summed E-state index contributed by atoms with van der Waals surface area (Å²) in [6.07, 6.45) is 5.41. The summed E-state index contributed by atoms with van der Waals surface area (Å²) in [6, 6.07) is 8.60. The van der Waals surface area contributed by atoms with Crippen molar-refractivity contribution in [3.8, 4) is 10.4 Å². The maximum atomic E-state index is 13.2. The van der Waals surface area contributed by atoms with Crippen LogP contribution < -0.4 is 15.9 Å². The maximum absolute atomic E-state index is 13.2. The Morgan fingerprint density at radius 3 is 2.69 bits per heavy atom. The fourth-order valence-corrected chi connectivity index (χ4v) is 5.01. The number of imidazole rings is 1. The van der Waals surface area contributed by atoms with Gasteiger partial charge in [0, 0.05) is 23.3 Å². The van der Waals surface area contributed by atoms with E-state index in [9.17, 15) is 18.0 Å². The quantitative estimate of drug-likeness (QED) is 0.366. The van der Waals surface area contributed by atoms with Crippen LogP contribution in [-0.2, 0) is 26.0 Å². The van der Waals surface area contributed by atoms with Crippen molar-refractivity contribution < 1.29 is 18.0 Å². The number of rotatable bonds is 11. The van der Waals surface area contributed by atoms with E-state index in [4.69, 9.17) is 5.73 Å². The Morgan fingerprint density at radius 1 is 1.19 bits per heavy atom. The molecule has 0 aliphatic heterocycles. The lowest BCUT2D eigenvalue weighted by molar-refractivity contribution is -0.118. The Morgan fingerprint density at radius 2 is 2.00 bits per heavy atom. The minimum absolute atomic E-state index is 0.0399. The first kappa shape index (κ1) is 23.5. The van der Waals surface area contributed by atoms with Crippen molar-refractivity contribution in [2.45, 2.75) is 43.9 Å². The minimum Gasteiger partial charge on any atom is -0.370 e. The average molecular weight is 476 g/mol. The molecular formula is C21H25N5O4S2. The number of aryl methyl sites for hydroxylation is 1. The van der Waals surface area contributed by atoms with Gasteiger partial charge in [-0.05, 0) is 36.8 Å². The molecule has 0 atom stereocenters. The first-order valence-electron chi connectivity index (χ1n) is 10.1. The van der Waals surface area contributed by atoms with Crippen molar-refractivity contribution in [1.29, 1.82) is 0 Å². The van der Waals surface area contributed by atoms with Gasteiger partial charge in [-0.25, -0.2) is 14.5 Å². The Labute approximate surface area is 190 Å². The molecule has 32 heavy (non-hydrogen) atoms. The van der Waals surface area contributed by atoms with E-state index in [0.717, 1.165) is 4.88 Å². The zero-order valence-electron chi connectivity index (χ0n) is 17.6. The van der Waals surface area contributed by atoms with Crippen molar-refractivity contribution in [3.63, 3.8) is 0 Å². The molecule has 2 aromatic heterocycles. The lowest BCUT2D eigenvalue weighted by Crippen LogP contribution is -2.24. The predicted octanol–water partition coefficient (Wildman–Crippen LogP) is 3.09. The standard InChI is InChI=1S/C21H25N5O4S2/c1-2-20(28)24-21-16(17-9-6-12-31-17)8-5-10-18(21)32(29,30)25-26-13-15(23-14-26)7-3-4-11-19(22)27/h5-6,8-10,12-14,25H,2-4,7,11H2,1H3,(H2,22,27)(H,24,28). The predicted molar refractivity (Wildman–Crippen MR) is 124 cm³/mol. The van der Waals surface area contributed by atoms with E-state index in [1.54, 1.807) is 25.3 Å². The van der Waals surface area contributed by atoms with Gasteiger partial charge in [0.05, 0.1) is 17.6 Å². The van der Waals surface area contributed by atoms with Gasteiger partial charge in [-0.3, -0.25) is 9.59 Å². The second kappa shape index (κ2) is 10.4. The van der Waals surface area contributed by atoms with Crippen LogP contribution in [0.2, 0.25) is 0 Å². The number of para-hydroxylation sites is 1. The molecule has 4 N–H and O–H groups in total. The summed E-state index contributed by atoms with van der Waals surface area (Å²) in [6.45, 7) is 1.70. The van der Waals surface area contributed by atoms with Crippen LogP contribution in [-0.4, -0.2) is 29.9 Å². The van der Waals surface area contributed by atoms with Gasteiger partial charge in [0.15, 0.2) is 0 Å². The molecule has 3 rings (SSSR count). The molecule has 0 bridgehead atoms. The molecule has 3 aromatic rings. The molecule has 170 valence electrons. The third kappa shape index (κ3) is 5.95. The highest BCUT2D eigenvalue weighted by atomic mass is 32.2. The van der Waals surface area contributed by atoms with E-state index in [0.29, 0.717) is 36.9 Å². The average Bonchev–Trinajstić information content (AvgIpc) is 3.43. The van der Waals surface area contributed by atoms with Gasteiger partial charge in [-0.1, -0.05) is 25.1 Å². The van der Waals surface area contributed by atoms with E-state index in [1.807, 2.05) is 17.5 Å². The highest BCUT2D eigenvalue weighted by Gasteiger charge is 2.23. The van der Waals surface area contributed by atoms with Gasteiger partial charge in [-0.15, -0.1) is 11.3 Å². The number of nitrogens with one attached hydrogen (secondary N) is 2. The van der Waals surface area contributed by atoms with Gasteiger partial charge in [0.2, 0.25) is 11.8 Å². The molecule has 0 saturated heterocycles. The monoisotopic (exact) mass is 475 g/mol. The van der Waals surface area contributed by atoms with E-state index in [-0.39, 0.29) is 28.8 Å². The summed E-state index contributed by atoms with van der Waals surface area (Å²) in [4.78, 5) is 30.4. The van der Waals surface area contributed by atoms with Gasteiger partial charge in [-0.2, -0.15) is 8.42 Å². The number of benzene rings is 1. The van der Waals surface area contributed by atoms with Crippen LogP contribution in [0.1, 0.15) is 38.3 Å². The first-order chi connectivity index (χ1) is 15.3. The van der Waals surface area contributed by atoms with Crippen molar-refractivity contribution in [2.75, 3.05) is 10.1 Å². The van der Waals surface area contributed by atoms with Crippen LogP contribution >= 0.6 is 11.3 Å². The number of carbonyl (C=O) groups is 2. The Balaban J connectivity index is 1.84. The van der Waals surface area contributed by atoms with Crippen LogP contribution in [0.3, 0.4) is 0 Å². The molecule has 0 fully saturated rings. The SMILES string of the molecule is CCC(=O)Nc1c(-c2cccs2)cccc1S(=O)(=O)Nn1cnc(CCCCC(N)=O)c1. The van der Waals surface area contributed by atoms with Crippen LogP contribution in [0.25, 0.3) is 10.4 Å². The Hall–Kier alpha value is -3.18. The summed E-state index contributed by atoms with van der Waals surface area (Å²) in [5.41, 5.74) is 6.68. The topological polar surface area (TPSA) is 136 Å². The zero-order valence-corrected chi connectivity index (χ0v) is 19.2. The van der Waals surface area contributed by atoms with Gasteiger partial charge >= 0.3 is 0 Å². The number of sulfonamides is 1. The molecular weight excluding hydrogens is 450 g/mol. The van der Waals surface area contributed by atoms with Crippen molar-refractivity contribution in [3.05, 3.63) is 53.9 Å². The number of thiophene rings is 1. The third-order valence-corrected chi connectivity index (χ3v) is 6.93. The summed E-state index contributed by atoms with van der Waals surface area (Å²) in [5, 5.41) is 4.63. The molecule has 0 aliphatic rings. The molecule has 0 radical (unpaired) electrons. The lowest BCUT2D eigenvalue weighted by atomic mass is 10.1. The van der Waals surface area contributed by atoms with E-state index in [1.165, 1.54) is 28.4 Å². The van der Waals surface area contributed by atoms with Gasteiger partial charge < -0.3 is 11.1 Å². The second-order valence-electron chi connectivity index (χ2n) is 7.10. The summed E-state index contributed by atoms with van der Waals surface area (Å²) in [5.74, 6) is -0.634. The molecule has 2 amide bonds. The second-order valence-corrected chi connectivity index (χ2v) is 9.68. The maximum Gasteiger partial charge on any atom is 0.277 e. The Kier molecular flexibility index (Phi) is 7.65.